The first kappa shape index (κ1) is 15.4. The number of benzene rings is 1. The van der Waals surface area contributed by atoms with Crippen LogP contribution < -0.4 is 4.90 Å². The van der Waals surface area contributed by atoms with E-state index in [2.05, 4.69) is 15.4 Å². The van der Waals surface area contributed by atoms with Crippen molar-refractivity contribution in [3.63, 3.8) is 0 Å². The fourth-order valence-electron chi connectivity index (χ4n) is 1.95. The van der Waals surface area contributed by atoms with E-state index in [1.54, 1.807) is 6.21 Å². The molecule has 0 aromatic heterocycles. The van der Waals surface area contributed by atoms with E-state index in [1.807, 2.05) is 39.0 Å². The zero-order valence-corrected chi connectivity index (χ0v) is 13.2. The number of morpholine rings is 1. The van der Waals surface area contributed by atoms with Crippen molar-refractivity contribution >= 4 is 23.3 Å². The summed E-state index contributed by atoms with van der Waals surface area (Å²) >= 11 is -1.22. The van der Waals surface area contributed by atoms with Crippen LogP contribution in [-0.4, -0.2) is 41.8 Å². The normalized spacial score (nSPS) is 18.5. The Kier molecular flexibility index (Phi) is 5.07. The van der Waals surface area contributed by atoms with E-state index in [1.165, 1.54) is 0 Å². The van der Waals surface area contributed by atoms with Crippen LogP contribution in [-0.2, 0) is 16.1 Å². The minimum Gasteiger partial charge on any atom is -0.591 e. The smallest absolute Gasteiger partial charge is 0.144 e. The molecule has 1 unspecified atom stereocenters. The van der Waals surface area contributed by atoms with E-state index < -0.39 is 11.4 Å². The number of rotatable bonds is 3. The van der Waals surface area contributed by atoms with E-state index in [9.17, 15) is 4.55 Å². The molecule has 0 aliphatic carbocycles. The quantitative estimate of drug-likeness (QED) is 0.635. The summed E-state index contributed by atoms with van der Waals surface area (Å²) in [6.07, 6.45) is 1.73. The van der Waals surface area contributed by atoms with Gasteiger partial charge in [0.1, 0.15) is 16.1 Å². The molecule has 20 heavy (non-hydrogen) atoms. The fraction of sp³-hybridized carbons (Fsp3) is 0.533. The molecule has 110 valence electrons. The summed E-state index contributed by atoms with van der Waals surface area (Å²) in [4.78, 5) is 2.28. The van der Waals surface area contributed by atoms with Crippen molar-refractivity contribution in [1.82, 2.24) is 0 Å². The number of hydrogen-bond donors (Lipinski definition) is 0. The second-order valence-corrected chi connectivity index (χ2v) is 7.69. The second-order valence-electron chi connectivity index (χ2n) is 5.75. The van der Waals surface area contributed by atoms with Crippen molar-refractivity contribution in [1.29, 1.82) is 0 Å². The van der Waals surface area contributed by atoms with Crippen molar-refractivity contribution in [2.45, 2.75) is 25.5 Å². The largest absolute Gasteiger partial charge is 0.591 e. The van der Waals surface area contributed by atoms with E-state index in [-0.39, 0.29) is 4.75 Å². The molecule has 4 nitrogen and oxygen atoms in total. The fourth-order valence-corrected chi connectivity index (χ4v) is 2.48. The number of para-hydroxylation sites is 1. The van der Waals surface area contributed by atoms with Crippen molar-refractivity contribution in [2.24, 2.45) is 4.40 Å². The van der Waals surface area contributed by atoms with Gasteiger partial charge in [0.25, 0.3) is 0 Å². The third-order valence-corrected chi connectivity index (χ3v) is 4.44. The van der Waals surface area contributed by atoms with Crippen LogP contribution in [0.1, 0.15) is 26.3 Å². The molecule has 1 heterocycles. The highest BCUT2D eigenvalue weighted by atomic mass is 32.2. The number of ether oxygens (including phenoxy) is 1. The van der Waals surface area contributed by atoms with Crippen LogP contribution in [0, 0.1) is 0 Å². The van der Waals surface area contributed by atoms with Crippen molar-refractivity contribution in [3.8, 4) is 0 Å². The van der Waals surface area contributed by atoms with Crippen molar-refractivity contribution in [2.75, 3.05) is 31.2 Å². The Bertz CT molecular complexity index is 465. The molecule has 0 amide bonds. The van der Waals surface area contributed by atoms with Gasteiger partial charge in [0.2, 0.25) is 0 Å². The van der Waals surface area contributed by atoms with Gasteiger partial charge in [-0.25, -0.2) is 0 Å². The SMILES string of the molecule is CC(C)(C)[S+]([O-])N=Cc1ccccc1N1CCOCC1. The summed E-state index contributed by atoms with van der Waals surface area (Å²) in [7, 11) is 0. The Balaban J connectivity index is 2.17. The van der Waals surface area contributed by atoms with Crippen molar-refractivity contribution < 1.29 is 9.29 Å². The van der Waals surface area contributed by atoms with E-state index in [0.717, 1.165) is 37.6 Å². The van der Waals surface area contributed by atoms with E-state index >= 15 is 0 Å². The van der Waals surface area contributed by atoms with Gasteiger partial charge >= 0.3 is 0 Å². The van der Waals surface area contributed by atoms with Crippen LogP contribution in [0.2, 0.25) is 0 Å². The topological polar surface area (TPSA) is 47.9 Å². The third kappa shape index (κ3) is 3.98. The molecule has 1 aliphatic heterocycles. The van der Waals surface area contributed by atoms with E-state index in [4.69, 9.17) is 4.74 Å². The van der Waals surface area contributed by atoms with Crippen LogP contribution in [0.4, 0.5) is 5.69 Å². The lowest BCUT2D eigenvalue weighted by Crippen LogP contribution is -2.36. The van der Waals surface area contributed by atoms with Crippen LogP contribution >= 0.6 is 0 Å². The molecule has 2 rings (SSSR count). The van der Waals surface area contributed by atoms with Crippen LogP contribution in [0.3, 0.4) is 0 Å². The van der Waals surface area contributed by atoms with Gasteiger partial charge < -0.3 is 14.2 Å². The van der Waals surface area contributed by atoms with Gasteiger partial charge in [-0.1, -0.05) is 22.6 Å². The predicted octanol–water partition coefficient (Wildman–Crippen LogP) is 2.40. The minimum atomic E-state index is -1.22. The number of hydrogen-bond acceptors (Lipinski definition) is 4. The lowest BCUT2D eigenvalue weighted by atomic mass is 10.1. The Labute approximate surface area is 124 Å². The molecule has 0 radical (unpaired) electrons. The molecule has 1 aliphatic rings. The monoisotopic (exact) mass is 294 g/mol. The highest BCUT2D eigenvalue weighted by molar-refractivity contribution is 7.91. The highest BCUT2D eigenvalue weighted by Crippen LogP contribution is 2.22. The highest BCUT2D eigenvalue weighted by Gasteiger charge is 2.26. The average molecular weight is 294 g/mol. The Hall–Kier alpha value is -1.04. The maximum absolute atomic E-state index is 12.0. The molecule has 0 spiro atoms. The van der Waals surface area contributed by atoms with Gasteiger partial charge in [-0.2, -0.15) is 0 Å². The predicted molar refractivity (Wildman–Crippen MR) is 85.0 cm³/mol. The molecule has 1 saturated heterocycles. The summed E-state index contributed by atoms with van der Waals surface area (Å²) in [5.41, 5.74) is 2.14. The first-order valence-electron chi connectivity index (χ1n) is 6.86. The van der Waals surface area contributed by atoms with Gasteiger partial charge in [-0.05, 0) is 26.8 Å². The summed E-state index contributed by atoms with van der Waals surface area (Å²) < 4.78 is 21.3. The first-order chi connectivity index (χ1) is 9.48. The van der Waals surface area contributed by atoms with Gasteiger partial charge in [0.05, 0.1) is 19.4 Å². The minimum absolute atomic E-state index is 0.329. The Morgan fingerprint density at radius 1 is 1.25 bits per heavy atom. The standard InChI is InChI=1S/C15H22N2O2S/c1-15(2,3)20(18)16-12-13-6-4-5-7-14(13)17-8-10-19-11-9-17/h4-7,12H,8-11H2,1-3H3. The molecular weight excluding hydrogens is 272 g/mol. The second kappa shape index (κ2) is 6.61. The van der Waals surface area contributed by atoms with Crippen LogP contribution in [0.5, 0.6) is 0 Å². The van der Waals surface area contributed by atoms with Gasteiger partial charge in [0, 0.05) is 24.3 Å². The van der Waals surface area contributed by atoms with Crippen LogP contribution in [0.25, 0.3) is 0 Å². The Morgan fingerprint density at radius 3 is 2.55 bits per heavy atom. The molecule has 1 aromatic rings. The molecular formula is C15H22N2O2S. The maximum Gasteiger partial charge on any atom is 0.144 e. The molecule has 0 saturated carbocycles. The summed E-state index contributed by atoms with van der Waals surface area (Å²) in [5, 5.41) is 0. The van der Waals surface area contributed by atoms with E-state index in [0.29, 0.717) is 0 Å². The number of nitrogens with zero attached hydrogens (tertiary/aromatic N) is 2. The average Bonchev–Trinajstić information content (AvgIpc) is 2.45. The van der Waals surface area contributed by atoms with Crippen LogP contribution in [0.15, 0.2) is 28.7 Å². The molecule has 0 N–H and O–H groups in total. The summed E-state index contributed by atoms with van der Waals surface area (Å²) in [6.45, 7) is 9.04. The summed E-state index contributed by atoms with van der Waals surface area (Å²) in [6, 6.07) is 8.08. The first-order valence-corrected chi connectivity index (χ1v) is 7.97. The van der Waals surface area contributed by atoms with Gasteiger partial charge in [-0.3, -0.25) is 0 Å². The molecule has 1 fully saturated rings. The lowest BCUT2D eigenvalue weighted by molar-refractivity contribution is 0.122. The Morgan fingerprint density at radius 2 is 1.90 bits per heavy atom. The molecule has 0 bridgehead atoms. The van der Waals surface area contributed by atoms with Gasteiger partial charge in [-0.15, -0.1) is 0 Å². The molecule has 1 aromatic carbocycles. The third-order valence-electron chi connectivity index (χ3n) is 3.10. The molecule has 5 heteroatoms. The molecule has 1 atom stereocenters. The lowest BCUT2D eigenvalue weighted by Gasteiger charge is -2.30. The zero-order valence-electron chi connectivity index (χ0n) is 12.3. The number of anilines is 1. The van der Waals surface area contributed by atoms with Gasteiger partial charge in [0.15, 0.2) is 0 Å². The maximum atomic E-state index is 12.0. The van der Waals surface area contributed by atoms with Crippen molar-refractivity contribution in [3.05, 3.63) is 29.8 Å². The zero-order chi connectivity index (χ0) is 14.6. The summed E-state index contributed by atoms with van der Waals surface area (Å²) in [5.74, 6) is 0.